The molecule has 1 aliphatic heterocycles. The predicted molar refractivity (Wildman–Crippen MR) is 98.6 cm³/mol. The average Bonchev–Trinajstić information content (AvgIpc) is 2.61. The first-order valence-electron chi connectivity index (χ1n) is 8.31. The van der Waals surface area contributed by atoms with Crippen LogP contribution in [-0.2, 0) is 6.54 Å². The van der Waals surface area contributed by atoms with Crippen LogP contribution in [-0.4, -0.2) is 42.5 Å². The summed E-state index contributed by atoms with van der Waals surface area (Å²) in [5, 5.41) is 0.517. The molecule has 1 fully saturated rings. The molecule has 126 valence electrons. The van der Waals surface area contributed by atoms with Crippen LogP contribution in [0.3, 0.4) is 0 Å². The SMILES string of the molecule is Fc1cccc(Cl)c1CN1CCN(CC=Cc2ccccc2)CC1. The number of hydrogen-bond acceptors (Lipinski definition) is 2. The molecule has 0 radical (unpaired) electrons. The molecular weight excluding hydrogens is 323 g/mol. The molecule has 2 aromatic rings. The first-order chi connectivity index (χ1) is 11.7. The van der Waals surface area contributed by atoms with Crippen LogP contribution < -0.4 is 0 Å². The van der Waals surface area contributed by atoms with Crippen LogP contribution in [0, 0.1) is 5.82 Å². The Labute approximate surface area is 148 Å². The molecule has 4 heteroatoms. The summed E-state index contributed by atoms with van der Waals surface area (Å²) in [6.45, 7) is 5.38. The van der Waals surface area contributed by atoms with Crippen molar-refractivity contribution in [1.29, 1.82) is 0 Å². The number of nitrogens with zero attached hydrogens (tertiary/aromatic N) is 2. The Hall–Kier alpha value is -1.68. The summed E-state index contributed by atoms with van der Waals surface area (Å²) < 4.78 is 13.9. The average molecular weight is 345 g/mol. The van der Waals surface area contributed by atoms with Gasteiger partial charge in [-0.25, -0.2) is 4.39 Å². The van der Waals surface area contributed by atoms with Gasteiger partial charge in [-0.05, 0) is 17.7 Å². The Morgan fingerprint density at radius 3 is 2.33 bits per heavy atom. The van der Waals surface area contributed by atoms with Gasteiger partial charge < -0.3 is 0 Å². The number of hydrogen-bond donors (Lipinski definition) is 0. The zero-order valence-electron chi connectivity index (χ0n) is 13.7. The highest BCUT2D eigenvalue weighted by atomic mass is 35.5. The fourth-order valence-electron chi connectivity index (χ4n) is 2.94. The lowest BCUT2D eigenvalue weighted by molar-refractivity contribution is 0.136. The molecule has 1 heterocycles. The van der Waals surface area contributed by atoms with Gasteiger partial charge in [-0.1, -0.05) is 60.2 Å². The molecule has 2 aromatic carbocycles. The molecule has 3 rings (SSSR count). The highest BCUT2D eigenvalue weighted by molar-refractivity contribution is 6.31. The van der Waals surface area contributed by atoms with E-state index in [1.54, 1.807) is 12.1 Å². The maximum Gasteiger partial charge on any atom is 0.129 e. The largest absolute Gasteiger partial charge is 0.297 e. The van der Waals surface area contributed by atoms with Crippen molar-refractivity contribution in [2.24, 2.45) is 0 Å². The molecular formula is C20H22ClFN2. The second-order valence-corrected chi connectivity index (χ2v) is 6.50. The molecule has 2 nitrogen and oxygen atoms in total. The summed E-state index contributed by atoms with van der Waals surface area (Å²) in [5.74, 6) is -0.212. The Kier molecular flexibility index (Phi) is 6.02. The predicted octanol–water partition coefficient (Wildman–Crippen LogP) is 4.31. The van der Waals surface area contributed by atoms with Crippen molar-refractivity contribution in [3.63, 3.8) is 0 Å². The highest BCUT2D eigenvalue weighted by Crippen LogP contribution is 2.21. The molecule has 0 N–H and O–H groups in total. The molecule has 0 unspecified atom stereocenters. The van der Waals surface area contributed by atoms with Gasteiger partial charge in [-0.15, -0.1) is 0 Å². The molecule has 0 aromatic heterocycles. The quantitative estimate of drug-likeness (QED) is 0.797. The molecule has 1 aliphatic rings. The lowest BCUT2D eigenvalue weighted by Gasteiger charge is -2.34. The van der Waals surface area contributed by atoms with Gasteiger partial charge in [0.25, 0.3) is 0 Å². The van der Waals surface area contributed by atoms with E-state index < -0.39 is 0 Å². The van der Waals surface area contributed by atoms with Crippen LogP contribution in [0.15, 0.2) is 54.6 Å². The fourth-order valence-corrected chi connectivity index (χ4v) is 3.16. The van der Waals surface area contributed by atoms with Crippen molar-refractivity contribution in [3.8, 4) is 0 Å². The monoisotopic (exact) mass is 344 g/mol. The second kappa shape index (κ2) is 8.43. The number of halogens is 2. The standard InChI is InChI=1S/C20H22ClFN2/c21-19-9-4-10-20(22)18(19)16-24-14-12-23(13-15-24)11-5-8-17-6-2-1-3-7-17/h1-10H,11-16H2. The van der Waals surface area contributed by atoms with Crippen LogP contribution in [0.5, 0.6) is 0 Å². The summed E-state index contributed by atoms with van der Waals surface area (Å²) in [7, 11) is 0. The van der Waals surface area contributed by atoms with E-state index in [1.807, 2.05) is 18.2 Å². The minimum absolute atomic E-state index is 0.212. The van der Waals surface area contributed by atoms with E-state index in [2.05, 4.69) is 34.1 Å². The van der Waals surface area contributed by atoms with Crippen LogP contribution in [0.2, 0.25) is 5.02 Å². The minimum Gasteiger partial charge on any atom is -0.297 e. The minimum atomic E-state index is -0.212. The van der Waals surface area contributed by atoms with Crippen molar-refractivity contribution >= 4 is 17.7 Å². The maximum absolute atomic E-state index is 13.9. The molecule has 0 aliphatic carbocycles. The van der Waals surface area contributed by atoms with Crippen molar-refractivity contribution in [3.05, 3.63) is 76.6 Å². The number of benzene rings is 2. The van der Waals surface area contributed by atoms with Gasteiger partial charge in [0.15, 0.2) is 0 Å². The van der Waals surface area contributed by atoms with E-state index in [9.17, 15) is 4.39 Å². The lowest BCUT2D eigenvalue weighted by Crippen LogP contribution is -2.45. The zero-order chi connectivity index (χ0) is 16.8. The van der Waals surface area contributed by atoms with E-state index >= 15 is 0 Å². The van der Waals surface area contributed by atoms with Crippen molar-refractivity contribution in [2.45, 2.75) is 6.54 Å². The van der Waals surface area contributed by atoms with Gasteiger partial charge in [-0.3, -0.25) is 9.80 Å². The van der Waals surface area contributed by atoms with Gasteiger partial charge in [0.05, 0.1) is 0 Å². The third-order valence-electron chi connectivity index (χ3n) is 4.38. The summed E-state index contributed by atoms with van der Waals surface area (Å²) in [4.78, 5) is 4.68. The Morgan fingerprint density at radius 2 is 1.62 bits per heavy atom. The smallest absolute Gasteiger partial charge is 0.129 e. The molecule has 0 bridgehead atoms. The van der Waals surface area contributed by atoms with Gasteiger partial charge >= 0.3 is 0 Å². The summed E-state index contributed by atoms with van der Waals surface area (Å²) in [6.07, 6.45) is 4.37. The van der Waals surface area contributed by atoms with E-state index in [0.29, 0.717) is 17.1 Å². The Balaban J connectivity index is 1.47. The van der Waals surface area contributed by atoms with E-state index in [1.165, 1.54) is 11.6 Å². The fraction of sp³-hybridized carbons (Fsp3) is 0.300. The normalized spacial score (nSPS) is 16.8. The molecule has 0 amide bonds. The zero-order valence-corrected chi connectivity index (χ0v) is 14.4. The highest BCUT2D eigenvalue weighted by Gasteiger charge is 2.18. The summed E-state index contributed by atoms with van der Waals surface area (Å²) in [6, 6.07) is 15.2. The molecule has 0 atom stereocenters. The molecule has 0 spiro atoms. The lowest BCUT2D eigenvalue weighted by atomic mass is 10.1. The maximum atomic E-state index is 13.9. The van der Waals surface area contributed by atoms with Crippen molar-refractivity contribution in [2.75, 3.05) is 32.7 Å². The first kappa shape index (κ1) is 17.2. The summed E-state index contributed by atoms with van der Waals surface area (Å²) in [5.41, 5.74) is 1.84. The molecule has 0 saturated carbocycles. The Morgan fingerprint density at radius 1 is 0.917 bits per heavy atom. The first-order valence-corrected chi connectivity index (χ1v) is 8.69. The molecule has 1 saturated heterocycles. The van der Waals surface area contributed by atoms with Crippen molar-refractivity contribution in [1.82, 2.24) is 9.80 Å². The Bertz CT molecular complexity index is 659. The van der Waals surface area contributed by atoms with Crippen LogP contribution in [0.4, 0.5) is 4.39 Å². The van der Waals surface area contributed by atoms with Crippen molar-refractivity contribution < 1.29 is 4.39 Å². The number of rotatable bonds is 5. The summed E-state index contributed by atoms with van der Waals surface area (Å²) >= 11 is 6.12. The van der Waals surface area contributed by atoms with Gasteiger partial charge in [0.2, 0.25) is 0 Å². The second-order valence-electron chi connectivity index (χ2n) is 6.09. The van der Waals surface area contributed by atoms with Gasteiger partial charge in [0, 0.05) is 49.9 Å². The van der Waals surface area contributed by atoms with Gasteiger partial charge in [0.1, 0.15) is 5.82 Å². The van der Waals surface area contributed by atoms with Crippen LogP contribution in [0.1, 0.15) is 11.1 Å². The number of piperazine rings is 1. The topological polar surface area (TPSA) is 6.48 Å². The van der Waals surface area contributed by atoms with Gasteiger partial charge in [-0.2, -0.15) is 0 Å². The van der Waals surface area contributed by atoms with Crippen LogP contribution in [0.25, 0.3) is 6.08 Å². The third kappa shape index (κ3) is 4.67. The van der Waals surface area contributed by atoms with E-state index in [4.69, 9.17) is 11.6 Å². The third-order valence-corrected chi connectivity index (χ3v) is 4.74. The van der Waals surface area contributed by atoms with Crippen LogP contribution >= 0.6 is 11.6 Å². The molecule has 24 heavy (non-hydrogen) atoms. The van der Waals surface area contributed by atoms with E-state index in [-0.39, 0.29) is 5.82 Å². The van der Waals surface area contributed by atoms with E-state index in [0.717, 1.165) is 32.7 Å².